The number of carboxylic acids is 1. The van der Waals surface area contributed by atoms with E-state index in [2.05, 4.69) is 4.98 Å². The largest absolute Gasteiger partial charge is 0.480 e. The Morgan fingerprint density at radius 2 is 2.14 bits per heavy atom. The molecule has 0 bridgehead atoms. The van der Waals surface area contributed by atoms with Gasteiger partial charge in [0.05, 0.1) is 12.1 Å². The molecule has 2 rings (SSSR count). The second kappa shape index (κ2) is 5.76. The van der Waals surface area contributed by atoms with Gasteiger partial charge in [0.25, 0.3) is 0 Å². The number of aliphatic hydroxyl groups is 1. The topological polar surface area (TPSA) is 117 Å². The molecule has 1 atom stereocenters. The van der Waals surface area contributed by atoms with Crippen molar-refractivity contribution in [3.8, 4) is 0 Å². The normalized spacial score (nSPS) is 13.2. The molecule has 0 fully saturated rings. The minimum atomic E-state index is -4.11. The molecule has 1 heterocycles. The summed E-state index contributed by atoms with van der Waals surface area (Å²) in [7, 11) is -4.11. The van der Waals surface area contributed by atoms with E-state index >= 15 is 0 Å². The third-order valence-electron chi connectivity index (χ3n) is 2.88. The molecule has 0 radical (unpaired) electrons. The SMILES string of the molecule is Cc1cnc2c(S(=O)(=O)N[C@@H](CO)C(=O)O)cccc2c1. The molecule has 0 spiro atoms. The van der Waals surface area contributed by atoms with Crippen LogP contribution in [0.1, 0.15) is 5.56 Å². The lowest BCUT2D eigenvalue weighted by Crippen LogP contribution is -2.43. The summed E-state index contributed by atoms with van der Waals surface area (Å²) in [5, 5.41) is 18.4. The van der Waals surface area contributed by atoms with Crippen molar-refractivity contribution in [3.63, 3.8) is 0 Å². The molecule has 0 aliphatic rings. The first-order valence-electron chi connectivity index (χ1n) is 6.06. The van der Waals surface area contributed by atoms with Gasteiger partial charge in [-0.15, -0.1) is 0 Å². The number of nitrogens with zero attached hydrogens (tertiary/aromatic N) is 1. The number of rotatable bonds is 5. The number of aromatic nitrogens is 1. The van der Waals surface area contributed by atoms with Crippen LogP contribution < -0.4 is 4.72 Å². The zero-order valence-corrected chi connectivity index (χ0v) is 12.0. The van der Waals surface area contributed by atoms with Crippen molar-refractivity contribution in [2.24, 2.45) is 0 Å². The number of para-hydroxylation sites is 1. The molecule has 3 N–H and O–H groups in total. The monoisotopic (exact) mass is 310 g/mol. The number of aliphatic hydroxyl groups excluding tert-OH is 1. The lowest BCUT2D eigenvalue weighted by molar-refractivity contribution is -0.139. The number of hydrogen-bond donors (Lipinski definition) is 3. The summed E-state index contributed by atoms with van der Waals surface area (Å²) >= 11 is 0. The summed E-state index contributed by atoms with van der Waals surface area (Å²) in [6.07, 6.45) is 1.53. The first-order chi connectivity index (χ1) is 9.85. The molecule has 112 valence electrons. The third-order valence-corrected chi connectivity index (χ3v) is 4.38. The van der Waals surface area contributed by atoms with Crippen LogP contribution in [0.3, 0.4) is 0 Å². The minimum absolute atomic E-state index is 0.125. The molecule has 1 aromatic carbocycles. The number of aryl methyl sites for hydroxylation is 1. The molecule has 2 aromatic rings. The molecule has 21 heavy (non-hydrogen) atoms. The van der Waals surface area contributed by atoms with Gasteiger partial charge in [-0.05, 0) is 24.6 Å². The number of benzene rings is 1. The van der Waals surface area contributed by atoms with E-state index in [-0.39, 0.29) is 10.4 Å². The van der Waals surface area contributed by atoms with Crippen LogP contribution in [-0.2, 0) is 14.8 Å². The number of aliphatic carboxylic acids is 1. The quantitative estimate of drug-likeness (QED) is 0.729. The van der Waals surface area contributed by atoms with E-state index in [4.69, 9.17) is 10.2 Å². The van der Waals surface area contributed by atoms with Gasteiger partial charge in [0, 0.05) is 11.6 Å². The fourth-order valence-corrected chi connectivity index (χ4v) is 3.24. The lowest BCUT2D eigenvalue weighted by atomic mass is 10.2. The highest BCUT2D eigenvalue weighted by Crippen LogP contribution is 2.21. The number of fused-ring (bicyclic) bond motifs is 1. The van der Waals surface area contributed by atoms with E-state index in [1.54, 1.807) is 18.2 Å². The zero-order chi connectivity index (χ0) is 15.6. The van der Waals surface area contributed by atoms with Crippen molar-refractivity contribution >= 4 is 26.9 Å². The summed E-state index contributed by atoms with van der Waals surface area (Å²) < 4.78 is 26.5. The maximum absolute atomic E-state index is 12.3. The van der Waals surface area contributed by atoms with Crippen LogP contribution >= 0.6 is 0 Å². The predicted molar refractivity (Wildman–Crippen MR) is 75.3 cm³/mol. The summed E-state index contributed by atoms with van der Waals surface area (Å²) in [5.41, 5.74) is 1.13. The van der Waals surface area contributed by atoms with Gasteiger partial charge in [-0.1, -0.05) is 12.1 Å². The van der Waals surface area contributed by atoms with E-state index < -0.39 is 28.6 Å². The first-order valence-corrected chi connectivity index (χ1v) is 7.55. The summed E-state index contributed by atoms with van der Waals surface area (Å²) in [4.78, 5) is 14.8. The summed E-state index contributed by atoms with van der Waals surface area (Å²) in [6, 6.07) is 4.78. The van der Waals surface area contributed by atoms with Crippen molar-refractivity contribution < 1.29 is 23.4 Å². The molecule has 0 aliphatic heterocycles. The standard InChI is InChI=1S/C13H14N2O5S/c1-8-5-9-3-2-4-11(12(9)14-6-8)21(19,20)15-10(7-16)13(17)18/h2-6,10,15-16H,7H2,1H3,(H,17,18)/t10-/m0/s1. The van der Waals surface area contributed by atoms with Gasteiger partial charge >= 0.3 is 5.97 Å². The zero-order valence-electron chi connectivity index (χ0n) is 11.1. The molecule has 7 nitrogen and oxygen atoms in total. The first kappa shape index (κ1) is 15.4. The fourth-order valence-electron chi connectivity index (χ4n) is 1.88. The number of carbonyl (C=O) groups is 1. The van der Waals surface area contributed by atoms with Gasteiger partial charge in [-0.3, -0.25) is 9.78 Å². The van der Waals surface area contributed by atoms with Gasteiger partial charge in [0.2, 0.25) is 10.0 Å². The van der Waals surface area contributed by atoms with Crippen LogP contribution in [-0.4, -0.2) is 42.2 Å². The molecule has 0 unspecified atom stereocenters. The van der Waals surface area contributed by atoms with E-state index in [0.29, 0.717) is 5.39 Å². The fraction of sp³-hybridized carbons (Fsp3) is 0.231. The van der Waals surface area contributed by atoms with Crippen LogP contribution in [0, 0.1) is 6.92 Å². The van der Waals surface area contributed by atoms with Crippen molar-refractivity contribution in [2.45, 2.75) is 17.9 Å². The lowest BCUT2D eigenvalue weighted by Gasteiger charge is -2.13. The predicted octanol–water partition coefficient (Wildman–Crippen LogP) is 0.267. The van der Waals surface area contributed by atoms with Crippen molar-refractivity contribution in [1.29, 1.82) is 0 Å². The van der Waals surface area contributed by atoms with E-state index in [9.17, 15) is 13.2 Å². The Balaban J connectivity index is 2.52. The molecular weight excluding hydrogens is 296 g/mol. The number of sulfonamides is 1. The summed E-state index contributed by atoms with van der Waals surface area (Å²) in [6.45, 7) is 0.990. The molecular formula is C13H14N2O5S. The molecule has 8 heteroatoms. The Morgan fingerprint density at radius 1 is 1.43 bits per heavy atom. The van der Waals surface area contributed by atoms with E-state index in [1.165, 1.54) is 12.3 Å². The molecule has 1 aromatic heterocycles. The Hall–Kier alpha value is -2.03. The van der Waals surface area contributed by atoms with Crippen molar-refractivity contribution in [1.82, 2.24) is 9.71 Å². The second-order valence-corrected chi connectivity index (χ2v) is 6.22. The minimum Gasteiger partial charge on any atom is -0.480 e. The van der Waals surface area contributed by atoms with Gasteiger partial charge in [-0.25, -0.2) is 8.42 Å². The van der Waals surface area contributed by atoms with Crippen molar-refractivity contribution in [3.05, 3.63) is 36.0 Å². The van der Waals surface area contributed by atoms with Crippen molar-refractivity contribution in [2.75, 3.05) is 6.61 Å². The molecule has 0 saturated heterocycles. The van der Waals surface area contributed by atoms with E-state index in [0.717, 1.165) is 5.56 Å². The molecule has 0 amide bonds. The molecule has 0 saturated carbocycles. The maximum Gasteiger partial charge on any atom is 0.324 e. The Bertz CT molecular complexity index is 788. The number of carboxylic acid groups (broad SMARTS) is 1. The average Bonchev–Trinajstić information content (AvgIpc) is 2.43. The number of nitrogens with one attached hydrogen (secondary N) is 1. The Morgan fingerprint density at radius 3 is 2.76 bits per heavy atom. The second-order valence-electron chi connectivity index (χ2n) is 4.54. The molecule has 0 aliphatic carbocycles. The Kier molecular flexibility index (Phi) is 4.21. The van der Waals surface area contributed by atoms with Gasteiger partial charge in [0.15, 0.2) is 0 Å². The van der Waals surface area contributed by atoms with Gasteiger partial charge in [-0.2, -0.15) is 4.72 Å². The third kappa shape index (κ3) is 3.18. The smallest absolute Gasteiger partial charge is 0.324 e. The van der Waals surface area contributed by atoms with Crippen LogP contribution in [0.25, 0.3) is 10.9 Å². The average molecular weight is 310 g/mol. The van der Waals surface area contributed by atoms with Gasteiger partial charge < -0.3 is 10.2 Å². The highest BCUT2D eigenvalue weighted by molar-refractivity contribution is 7.89. The van der Waals surface area contributed by atoms with Crippen LogP contribution in [0.4, 0.5) is 0 Å². The van der Waals surface area contributed by atoms with Gasteiger partial charge in [0.1, 0.15) is 10.9 Å². The Labute approximate surface area is 121 Å². The number of pyridine rings is 1. The summed E-state index contributed by atoms with van der Waals surface area (Å²) in [5.74, 6) is -1.45. The van der Waals surface area contributed by atoms with Crippen LogP contribution in [0.15, 0.2) is 35.4 Å². The maximum atomic E-state index is 12.3. The highest BCUT2D eigenvalue weighted by atomic mass is 32.2. The van der Waals surface area contributed by atoms with Crippen LogP contribution in [0.5, 0.6) is 0 Å². The van der Waals surface area contributed by atoms with Crippen LogP contribution in [0.2, 0.25) is 0 Å². The number of hydrogen-bond acceptors (Lipinski definition) is 5. The highest BCUT2D eigenvalue weighted by Gasteiger charge is 2.26. The van der Waals surface area contributed by atoms with E-state index in [1.807, 2.05) is 11.6 Å².